The standard InChI is InChI=1S/C13H11BrFN3/c14-9-3-8(4-10(15)6-9)7-1-2-11(13(17)18)12(16)5-7/h1-6H,16H2,(H3,17,18). The van der Waals surface area contributed by atoms with E-state index in [4.69, 9.17) is 16.9 Å². The molecule has 2 aromatic carbocycles. The van der Waals surface area contributed by atoms with Crippen LogP contribution >= 0.6 is 15.9 Å². The summed E-state index contributed by atoms with van der Waals surface area (Å²) in [6.45, 7) is 0. The number of halogens is 2. The van der Waals surface area contributed by atoms with Gasteiger partial charge in [0.15, 0.2) is 0 Å². The molecule has 2 rings (SSSR count). The maximum atomic E-state index is 13.3. The summed E-state index contributed by atoms with van der Waals surface area (Å²) in [5, 5.41) is 7.35. The van der Waals surface area contributed by atoms with Gasteiger partial charge in [-0.15, -0.1) is 0 Å². The minimum atomic E-state index is -0.325. The molecule has 0 aliphatic carbocycles. The van der Waals surface area contributed by atoms with Gasteiger partial charge in [-0.1, -0.05) is 22.0 Å². The Hall–Kier alpha value is -1.88. The van der Waals surface area contributed by atoms with E-state index in [1.165, 1.54) is 12.1 Å². The van der Waals surface area contributed by atoms with Crippen LogP contribution in [-0.2, 0) is 0 Å². The molecule has 3 nitrogen and oxygen atoms in total. The molecule has 0 heterocycles. The van der Waals surface area contributed by atoms with E-state index in [-0.39, 0.29) is 11.7 Å². The summed E-state index contributed by atoms with van der Waals surface area (Å²) < 4.78 is 14.0. The molecule has 0 amide bonds. The molecule has 0 aliphatic heterocycles. The lowest BCUT2D eigenvalue weighted by Gasteiger charge is -2.08. The molecule has 0 unspecified atom stereocenters. The average Bonchev–Trinajstić information content (AvgIpc) is 2.26. The average molecular weight is 308 g/mol. The molecule has 2 aromatic rings. The summed E-state index contributed by atoms with van der Waals surface area (Å²) in [4.78, 5) is 0. The smallest absolute Gasteiger partial charge is 0.124 e. The number of anilines is 1. The Balaban J connectivity index is 2.52. The van der Waals surface area contributed by atoms with E-state index in [1.807, 2.05) is 0 Å². The second-order valence-corrected chi connectivity index (χ2v) is 4.79. The zero-order chi connectivity index (χ0) is 13.3. The first-order chi connectivity index (χ1) is 8.47. The Morgan fingerprint density at radius 2 is 1.83 bits per heavy atom. The normalized spacial score (nSPS) is 10.3. The van der Waals surface area contributed by atoms with Crippen LogP contribution < -0.4 is 11.5 Å². The largest absolute Gasteiger partial charge is 0.398 e. The summed E-state index contributed by atoms with van der Waals surface area (Å²) in [5.41, 5.74) is 13.6. The number of nitrogens with one attached hydrogen (secondary N) is 1. The van der Waals surface area contributed by atoms with Gasteiger partial charge in [0.25, 0.3) is 0 Å². The van der Waals surface area contributed by atoms with Gasteiger partial charge in [-0.25, -0.2) is 4.39 Å². The van der Waals surface area contributed by atoms with E-state index in [2.05, 4.69) is 15.9 Å². The molecule has 0 atom stereocenters. The van der Waals surface area contributed by atoms with E-state index in [9.17, 15) is 4.39 Å². The Labute approximate surface area is 112 Å². The van der Waals surface area contributed by atoms with Crippen molar-refractivity contribution in [1.82, 2.24) is 0 Å². The van der Waals surface area contributed by atoms with Crippen molar-refractivity contribution in [3.63, 3.8) is 0 Å². The Bertz CT molecular complexity index is 605. The SMILES string of the molecule is N=C(N)c1ccc(-c2cc(F)cc(Br)c2)cc1N. The number of hydrogen-bond acceptors (Lipinski definition) is 2. The number of nitrogens with two attached hydrogens (primary N) is 2. The number of hydrogen-bond donors (Lipinski definition) is 3. The lowest BCUT2D eigenvalue weighted by Crippen LogP contribution is -2.13. The van der Waals surface area contributed by atoms with Crippen LogP contribution in [0.15, 0.2) is 40.9 Å². The third-order valence-corrected chi connectivity index (χ3v) is 3.00. The first-order valence-corrected chi connectivity index (χ1v) is 5.97. The number of benzene rings is 2. The van der Waals surface area contributed by atoms with Crippen molar-refractivity contribution in [3.05, 3.63) is 52.3 Å². The molecule has 0 fully saturated rings. The van der Waals surface area contributed by atoms with E-state index < -0.39 is 0 Å². The van der Waals surface area contributed by atoms with Crippen molar-refractivity contribution in [1.29, 1.82) is 5.41 Å². The predicted molar refractivity (Wildman–Crippen MR) is 75.0 cm³/mol. The molecular weight excluding hydrogens is 297 g/mol. The van der Waals surface area contributed by atoms with E-state index in [1.54, 1.807) is 24.3 Å². The number of nitrogen functional groups attached to an aromatic ring is 2. The van der Waals surface area contributed by atoms with Crippen molar-refractivity contribution in [2.45, 2.75) is 0 Å². The van der Waals surface area contributed by atoms with Gasteiger partial charge in [0, 0.05) is 15.7 Å². The molecule has 0 aliphatic rings. The fourth-order valence-corrected chi connectivity index (χ4v) is 2.17. The molecule has 18 heavy (non-hydrogen) atoms. The first-order valence-electron chi connectivity index (χ1n) is 5.18. The van der Waals surface area contributed by atoms with Crippen LogP contribution in [0.5, 0.6) is 0 Å². The zero-order valence-electron chi connectivity index (χ0n) is 9.37. The van der Waals surface area contributed by atoms with Crippen LogP contribution in [-0.4, -0.2) is 5.84 Å². The van der Waals surface area contributed by atoms with Gasteiger partial charge < -0.3 is 11.5 Å². The summed E-state index contributed by atoms with van der Waals surface area (Å²) in [6, 6.07) is 9.70. The quantitative estimate of drug-likeness (QED) is 0.453. The van der Waals surface area contributed by atoms with Crippen LogP contribution in [0.25, 0.3) is 11.1 Å². The minimum Gasteiger partial charge on any atom is -0.398 e. The predicted octanol–water partition coefficient (Wildman–Crippen LogP) is 3.12. The molecule has 0 saturated heterocycles. The van der Waals surface area contributed by atoms with Crippen molar-refractivity contribution >= 4 is 27.5 Å². The molecule has 0 bridgehead atoms. The van der Waals surface area contributed by atoms with Gasteiger partial charge in [0.05, 0.1) is 0 Å². The molecule has 5 N–H and O–H groups in total. The Kier molecular flexibility index (Phi) is 3.34. The maximum Gasteiger partial charge on any atom is 0.124 e. The minimum absolute atomic E-state index is 0.0838. The fourth-order valence-electron chi connectivity index (χ4n) is 1.71. The van der Waals surface area contributed by atoms with Crippen LogP contribution in [0.2, 0.25) is 0 Å². The van der Waals surface area contributed by atoms with Crippen molar-refractivity contribution in [3.8, 4) is 11.1 Å². The number of amidine groups is 1. The van der Waals surface area contributed by atoms with Crippen LogP contribution in [0.4, 0.5) is 10.1 Å². The Morgan fingerprint density at radius 3 is 2.39 bits per heavy atom. The second kappa shape index (κ2) is 4.78. The highest BCUT2D eigenvalue weighted by Crippen LogP contribution is 2.27. The molecular formula is C13H11BrFN3. The third-order valence-electron chi connectivity index (χ3n) is 2.54. The van der Waals surface area contributed by atoms with Crippen LogP contribution in [0.3, 0.4) is 0 Å². The maximum absolute atomic E-state index is 13.3. The van der Waals surface area contributed by atoms with Crippen molar-refractivity contribution < 1.29 is 4.39 Å². The summed E-state index contributed by atoms with van der Waals surface area (Å²) >= 11 is 3.24. The van der Waals surface area contributed by atoms with Gasteiger partial charge in [0.2, 0.25) is 0 Å². The summed E-state index contributed by atoms with van der Waals surface area (Å²) in [5.74, 6) is -0.409. The highest BCUT2D eigenvalue weighted by Gasteiger charge is 2.06. The van der Waals surface area contributed by atoms with E-state index >= 15 is 0 Å². The molecule has 0 spiro atoms. The van der Waals surface area contributed by atoms with Gasteiger partial charge in [-0.2, -0.15) is 0 Å². The lowest BCUT2D eigenvalue weighted by molar-refractivity contribution is 0.627. The van der Waals surface area contributed by atoms with Gasteiger partial charge >= 0.3 is 0 Å². The fraction of sp³-hybridized carbons (Fsp3) is 0. The number of rotatable bonds is 2. The lowest BCUT2D eigenvalue weighted by atomic mass is 10.0. The van der Waals surface area contributed by atoms with Crippen LogP contribution in [0, 0.1) is 11.2 Å². The van der Waals surface area contributed by atoms with Gasteiger partial charge in [-0.3, -0.25) is 5.41 Å². The molecule has 0 radical (unpaired) electrons. The van der Waals surface area contributed by atoms with Gasteiger partial charge in [-0.05, 0) is 41.5 Å². The van der Waals surface area contributed by atoms with Crippen molar-refractivity contribution in [2.75, 3.05) is 5.73 Å². The molecule has 92 valence electrons. The highest BCUT2D eigenvalue weighted by atomic mass is 79.9. The zero-order valence-corrected chi connectivity index (χ0v) is 11.0. The topological polar surface area (TPSA) is 75.9 Å². The molecule has 0 aromatic heterocycles. The van der Waals surface area contributed by atoms with Crippen molar-refractivity contribution in [2.24, 2.45) is 5.73 Å². The third kappa shape index (κ3) is 2.51. The second-order valence-electron chi connectivity index (χ2n) is 3.87. The van der Waals surface area contributed by atoms with E-state index in [0.717, 1.165) is 5.56 Å². The summed E-state index contributed by atoms with van der Waals surface area (Å²) in [6.07, 6.45) is 0. The summed E-state index contributed by atoms with van der Waals surface area (Å²) in [7, 11) is 0. The Morgan fingerprint density at radius 1 is 1.11 bits per heavy atom. The first kappa shape index (κ1) is 12.6. The van der Waals surface area contributed by atoms with E-state index in [0.29, 0.717) is 21.3 Å². The monoisotopic (exact) mass is 307 g/mol. The highest BCUT2D eigenvalue weighted by molar-refractivity contribution is 9.10. The van der Waals surface area contributed by atoms with Gasteiger partial charge in [0.1, 0.15) is 11.7 Å². The van der Waals surface area contributed by atoms with Crippen LogP contribution in [0.1, 0.15) is 5.56 Å². The molecule has 0 saturated carbocycles. The molecule has 5 heteroatoms.